The monoisotopic (exact) mass is 612 g/mol. The van der Waals surface area contributed by atoms with Crippen LogP contribution >= 0.6 is 0 Å². The van der Waals surface area contributed by atoms with Crippen molar-refractivity contribution in [1.82, 2.24) is 20.2 Å². The van der Waals surface area contributed by atoms with E-state index in [1.807, 2.05) is 54.6 Å². The van der Waals surface area contributed by atoms with Crippen LogP contribution in [0.2, 0.25) is 0 Å². The van der Waals surface area contributed by atoms with Gasteiger partial charge in [-0.3, -0.25) is 9.79 Å². The lowest BCUT2D eigenvalue weighted by molar-refractivity contribution is 0.0953. The fourth-order valence-corrected chi connectivity index (χ4v) is 5.45. The number of ether oxygens (including phenoxy) is 1. The van der Waals surface area contributed by atoms with Gasteiger partial charge in [-0.25, -0.2) is 4.98 Å². The van der Waals surface area contributed by atoms with Crippen molar-refractivity contribution in [3.05, 3.63) is 112 Å². The maximum absolute atomic E-state index is 12.4. The molecule has 10 nitrogen and oxygen atoms in total. The van der Waals surface area contributed by atoms with E-state index in [9.17, 15) is 4.79 Å². The van der Waals surface area contributed by atoms with Gasteiger partial charge in [0.2, 0.25) is 0 Å². The Balaban J connectivity index is 1.12. The molecule has 0 radical (unpaired) electrons. The van der Waals surface area contributed by atoms with Gasteiger partial charge in [-0.05, 0) is 109 Å². The van der Waals surface area contributed by atoms with Crippen LogP contribution in [0.5, 0.6) is 5.75 Å². The second-order valence-corrected chi connectivity index (χ2v) is 11.6. The molecule has 1 aromatic heterocycles. The molecule has 1 aliphatic heterocycles. The van der Waals surface area contributed by atoms with E-state index in [4.69, 9.17) is 20.2 Å². The summed E-state index contributed by atoms with van der Waals surface area (Å²) in [7, 11) is 4.13. The van der Waals surface area contributed by atoms with Crippen LogP contribution in [0.3, 0.4) is 0 Å². The minimum Gasteiger partial charge on any atom is -0.494 e. The Bertz CT molecular complexity index is 1920. The van der Waals surface area contributed by atoms with E-state index in [0.717, 1.165) is 75.6 Å². The summed E-state index contributed by atoms with van der Waals surface area (Å²) in [6.07, 6.45) is 2.33. The number of aromatic nitrogens is 2. The van der Waals surface area contributed by atoms with Crippen molar-refractivity contribution in [3.63, 3.8) is 0 Å². The average molecular weight is 613 g/mol. The maximum atomic E-state index is 12.4. The smallest absolute Gasteiger partial charge is 0.251 e. The summed E-state index contributed by atoms with van der Waals surface area (Å²) in [5, 5.41) is 6.33. The van der Waals surface area contributed by atoms with Gasteiger partial charge in [0.1, 0.15) is 11.6 Å². The van der Waals surface area contributed by atoms with E-state index >= 15 is 0 Å². The van der Waals surface area contributed by atoms with Crippen LogP contribution in [0.25, 0.3) is 44.0 Å². The number of benzene rings is 4. The topological polar surface area (TPSA) is 131 Å². The molecule has 10 heteroatoms. The van der Waals surface area contributed by atoms with Gasteiger partial charge < -0.3 is 19.9 Å². The number of rotatable bonds is 13. The van der Waals surface area contributed by atoms with Gasteiger partial charge in [0.15, 0.2) is 0 Å². The van der Waals surface area contributed by atoms with E-state index < -0.39 is 0 Å². The fourth-order valence-electron chi connectivity index (χ4n) is 5.45. The van der Waals surface area contributed by atoms with Crippen LogP contribution in [-0.4, -0.2) is 66.8 Å². The molecule has 1 aliphatic rings. The van der Waals surface area contributed by atoms with Crippen LogP contribution in [-0.2, 0) is 6.42 Å². The van der Waals surface area contributed by atoms with E-state index in [0.29, 0.717) is 31.7 Å². The number of carbonyl (C=O) groups is 1. The first-order valence-electron chi connectivity index (χ1n) is 15.4. The van der Waals surface area contributed by atoms with Crippen LogP contribution in [0.15, 0.2) is 95.0 Å². The molecule has 0 unspecified atom stereocenters. The number of nitrogens with one attached hydrogen (secondary N) is 2. The first kappa shape index (κ1) is 30.6. The number of azide groups is 1. The third-order valence-electron chi connectivity index (χ3n) is 7.92. The van der Waals surface area contributed by atoms with Crippen molar-refractivity contribution in [2.45, 2.75) is 19.3 Å². The van der Waals surface area contributed by atoms with Gasteiger partial charge in [-0.2, -0.15) is 0 Å². The number of aliphatic imine (C=N–C) groups is 1. The summed E-state index contributed by atoms with van der Waals surface area (Å²) in [5.74, 6) is 1.53. The number of nitrogens with zero attached hydrogens (tertiary/aromatic N) is 6. The minimum absolute atomic E-state index is 0.149. The molecule has 0 saturated carbocycles. The molecule has 6 rings (SSSR count). The molecule has 46 heavy (non-hydrogen) atoms. The Kier molecular flexibility index (Phi) is 9.38. The molecular weight excluding hydrogens is 576 g/mol. The molecule has 0 aliphatic carbocycles. The SMILES string of the molecule is CN(C)CCCOc1ccc(-c2nc3ccc(-c4ccc5c(c4)N=C(c4ccc(C(=O)NCCCN=[N+]=[N-])cc4)C5)cc3[nH]2)cc1. The second kappa shape index (κ2) is 14.1. The van der Waals surface area contributed by atoms with Crippen molar-refractivity contribution < 1.29 is 9.53 Å². The molecule has 1 amide bonds. The van der Waals surface area contributed by atoms with Crippen LogP contribution in [0.1, 0.15) is 34.3 Å². The third-order valence-corrected chi connectivity index (χ3v) is 7.92. The van der Waals surface area contributed by atoms with Crippen molar-refractivity contribution in [2.75, 3.05) is 40.3 Å². The van der Waals surface area contributed by atoms with Crippen molar-refractivity contribution in [3.8, 4) is 28.3 Å². The van der Waals surface area contributed by atoms with E-state index in [-0.39, 0.29) is 5.91 Å². The van der Waals surface area contributed by atoms with Crippen LogP contribution in [0, 0.1) is 0 Å². The molecule has 2 N–H and O–H groups in total. The highest BCUT2D eigenvalue weighted by Gasteiger charge is 2.18. The summed E-state index contributed by atoms with van der Waals surface area (Å²) in [5.41, 5.74) is 18.1. The second-order valence-electron chi connectivity index (χ2n) is 11.6. The number of amides is 1. The minimum atomic E-state index is -0.149. The number of hydrogen-bond acceptors (Lipinski definition) is 6. The fraction of sp³-hybridized carbons (Fsp3) is 0.250. The summed E-state index contributed by atoms with van der Waals surface area (Å²) < 4.78 is 5.88. The lowest BCUT2D eigenvalue weighted by atomic mass is 9.99. The van der Waals surface area contributed by atoms with Gasteiger partial charge in [0.05, 0.1) is 29.0 Å². The molecule has 0 spiro atoms. The van der Waals surface area contributed by atoms with Crippen LogP contribution in [0.4, 0.5) is 5.69 Å². The van der Waals surface area contributed by atoms with Gasteiger partial charge in [0, 0.05) is 42.1 Å². The molecule has 0 saturated heterocycles. The standard InChI is InChI=1S/C36H36N8O2/c1-44(2)19-4-20-46-30-14-11-25(12-15-30)35-41-31-16-13-28(22-34(31)42-35)27-9-10-29-23-32(40-33(29)21-27)24-5-7-26(8-6-24)36(45)38-17-3-18-39-43-37/h5-16,21-22H,3-4,17-20,23H2,1-2H3,(H,38,45)(H,41,42). The zero-order chi connectivity index (χ0) is 31.9. The summed E-state index contributed by atoms with van der Waals surface area (Å²) in [6, 6.07) is 28.3. The third kappa shape index (κ3) is 7.26. The van der Waals surface area contributed by atoms with Crippen molar-refractivity contribution >= 4 is 28.3 Å². The van der Waals surface area contributed by atoms with E-state index in [1.54, 1.807) is 0 Å². The molecule has 0 fully saturated rings. The molecule has 5 aromatic rings. The van der Waals surface area contributed by atoms with E-state index in [2.05, 4.69) is 69.7 Å². The molecule has 0 atom stereocenters. The molecular formula is C36H36N8O2. The number of aromatic amines is 1. The van der Waals surface area contributed by atoms with Gasteiger partial charge in [-0.1, -0.05) is 35.4 Å². The highest BCUT2D eigenvalue weighted by molar-refractivity contribution is 6.07. The number of H-pyrrole nitrogens is 1. The first-order chi connectivity index (χ1) is 22.5. The summed E-state index contributed by atoms with van der Waals surface area (Å²) in [6.45, 7) is 2.51. The zero-order valence-electron chi connectivity index (χ0n) is 26.0. The van der Waals surface area contributed by atoms with Crippen molar-refractivity contribution in [2.24, 2.45) is 10.1 Å². The Morgan fingerprint density at radius 2 is 1.70 bits per heavy atom. The first-order valence-corrected chi connectivity index (χ1v) is 15.4. The Morgan fingerprint density at radius 3 is 2.48 bits per heavy atom. The van der Waals surface area contributed by atoms with E-state index in [1.165, 1.54) is 5.56 Å². The van der Waals surface area contributed by atoms with Gasteiger partial charge >= 0.3 is 0 Å². The largest absolute Gasteiger partial charge is 0.494 e. The lowest BCUT2D eigenvalue weighted by Gasteiger charge is -2.10. The van der Waals surface area contributed by atoms with Crippen LogP contribution < -0.4 is 10.1 Å². The highest BCUT2D eigenvalue weighted by atomic mass is 16.5. The average Bonchev–Trinajstić information content (AvgIpc) is 3.71. The Hall–Kier alpha value is -5.44. The predicted molar refractivity (Wildman–Crippen MR) is 183 cm³/mol. The zero-order valence-corrected chi connectivity index (χ0v) is 26.0. The van der Waals surface area contributed by atoms with Gasteiger partial charge in [-0.15, -0.1) is 0 Å². The number of imidazole rings is 1. The molecule has 2 heterocycles. The highest BCUT2D eigenvalue weighted by Crippen LogP contribution is 2.34. The Labute approximate surface area is 267 Å². The molecule has 232 valence electrons. The van der Waals surface area contributed by atoms with Gasteiger partial charge in [0.25, 0.3) is 5.91 Å². The number of carbonyl (C=O) groups excluding carboxylic acids is 1. The maximum Gasteiger partial charge on any atom is 0.251 e. The number of fused-ring (bicyclic) bond motifs is 2. The predicted octanol–water partition coefficient (Wildman–Crippen LogP) is 7.33. The quantitative estimate of drug-likeness (QED) is 0.0623. The number of hydrogen-bond donors (Lipinski definition) is 2. The summed E-state index contributed by atoms with van der Waals surface area (Å²) >= 11 is 0. The normalized spacial score (nSPS) is 12.1. The lowest BCUT2D eigenvalue weighted by Crippen LogP contribution is -2.24. The molecule has 0 bridgehead atoms. The Morgan fingerprint density at radius 1 is 0.957 bits per heavy atom. The molecule has 4 aromatic carbocycles. The summed E-state index contributed by atoms with van der Waals surface area (Å²) in [4.78, 5) is 30.6. The van der Waals surface area contributed by atoms with Crippen molar-refractivity contribution in [1.29, 1.82) is 0 Å².